The molecule has 0 radical (unpaired) electrons. The van der Waals surface area contributed by atoms with Crippen LogP contribution in [0, 0.1) is 0 Å². The Morgan fingerprint density at radius 2 is 1.42 bits per heavy atom. The van der Waals surface area contributed by atoms with Crippen molar-refractivity contribution in [1.82, 2.24) is 4.98 Å². The molecule has 0 aliphatic carbocycles. The summed E-state index contributed by atoms with van der Waals surface area (Å²) >= 11 is 0. The zero-order chi connectivity index (χ0) is 26.7. The zero-order valence-corrected chi connectivity index (χ0v) is 18.9. The Kier molecular flexibility index (Phi) is 9.33. The largest absolute Gasteiger partial charge is 0.507 e. The average molecular weight is 514 g/mol. The number of nitrogens with one attached hydrogen (secondary N) is 1. The molecule has 0 saturated heterocycles. The van der Waals surface area contributed by atoms with Crippen LogP contribution in [0.25, 0.3) is 0 Å². The monoisotopic (exact) mass is 514 g/mol. The molecule has 0 amide bonds. The number of carbonyl (C=O) groups is 3. The topological polar surface area (TPSA) is 216 Å². The Morgan fingerprint density at radius 3 is 1.94 bits per heavy atom. The van der Waals surface area contributed by atoms with E-state index in [0.29, 0.717) is 17.8 Å². The fourth-order valence-corrected chi connectivity index (χ4v) is 3.34. The molecule has 0 aliphatic rings. The smallest absolute Gasteiger partial charge is 0.339 e. The lowest BCUT2D eigenvalue weighted by Gasteiger charge is -2.07. The highest BCUT2D eigenvalue weighted by atomic mass is 32.2. The fraction of sp³-hybridized carbons (Fsp3) is 0. The molecule has 1 heterocycles. The molecule has 0 spiro atoms. The van der Waals surface area contributed by atoms with Crippen LogP contribution in [0.15, 0.2) is 94.1 Å². The van der Waals surface area contributed by atoms with E-state index in [1.54, 1.807) is 12.1 Å². The summed E-state index contributed by atoms with van der Waals surface area (Å²) in [5.41, 5.74) is 0.295. The van der Waals surface area contributed by atoms with E-state index in [2.05, 4.69) is 19.9 Å². The van der Waals surface area contributed by atoms with Gasteiger partial charge in [-0.15, -0.1) is 0 Å². The van der Waals surface area contributed by atoms with Crippen LogP contribution in [0.1, 0.15) is 10.4 Å². The lowest BCUT2D eigenvalue weighted by Crippen LogP contribution is -2.13. The molecule has 0 saturated carbocycles. The lowest BCUT2D eigenvalue weighted by atomic mass is 10.2. The van der Waals surface area contributed by atoms with Gasteiger partial charge in [-0.2, -0.15) is 10.2 Å². The third-order valence-corrected chi connectivity index (χ3v) is 5.28. The van der Waals surface area contributed by atoms with Crippen LogP contribution in [0.4, 0.5) is 17.2 Å². The van der Waals surface area contributed by atoms with Gasteiger partial charge in [0.05, 0.1) is 16.3 Å². The average Bonchev–Trinajstić information content (AvgIpc) is 2.83. The molecule has 3 rings (SSSR count). The Labute approximate surface area is 203 Å². The summed E-state index contributed by atoms with van der Waals surface area (Å²) in [5, 5.41) is 41.9. The fourth-order valence-electron chi connectivity index (χ4n) is 2.33. The first-order valence-corrected chi connectivity index (χ1v) is 11.1. The number of aromatic nitrogens is 1. The second-order valence-electron chi connectivity index (χ2n) is 6.53. The Morgan fingerprint density at radius 1 is 0.833 bits per heavy atom. The van der Waals surface area contributed by atoms with Crippen molar-refractivity contribution in [3.05, 3.63) is 84.6 Å². The summed E-state index contributed by atoms with van der Waals surface area (Å²) in [7, 11) is -3.79. The lowest BCUT2D eigenvalue weighted by molar-refractivity contribution is -0.134. The first kappa shape index (κ1) is 27.1. The Hall–Kier alpha value is -5.11. The van der Waals surface area contributed by atoms with Crippen molar-refractivity contribution in [1.29, 1.82) is 0 Å². The van der Waals surface area contributed by atoms with Gasteiger partial charge in [0.15, 0.2) is 0 Å². The van der Waals surface area contributed by atoms with Crippen LogP contribution in [0.5, 0.6) is 5.75 Å². The predicted octanol–water partition coefficient (Wildman–Crippen LogP) is 3.41. The van der Waals surface area contributed by atoms with Gasteiger partial charge in [0.1, 0.15) is 17.1 Å². The van der Waals surface area contributed by atoms with Crippen LogP contribution < -0.4 is 4.72 Å². The molecule has 0 aliphatic heterocycles. The Balaban J connectivity index is 0.000000493. The number of aromatic hydroxyl groups is 1. The number of aromatic carboxylic acids is 1. The number of nitrogens with zero attached hydrogens (tertiary/aromatic N) is 3. The van der Waals surface area contributed by atoms with E-state index in [1.807, 2.05) is 0 Å². The van der Waals surface area contributed by atoms with Crippen LogP contribution >= 0.6 is 0 Å². The van der Waals surface area contributed by atoms with Gasteiger partial charge in [0.25, 0.3) is 10.0 Å². The van der Waals surface area contributed by atoms with E-state index in [1.165, 1.54) is 54.7 Å². The highest BCUT2D eigenvalue weighted by Crippen LogP contribution is 2.26. The maximum absolute atomic E-state index is 12.3. The summed E-state index contributed by atoms with van der Waals surface area (Å²) < 4.78 is 27.0. The molecule has 14 heteroatoms. The van der Waals surface area contributed by atoms with E-state index in [0.717, 1.165) is 0 Å². The van der Waals surface area contributed by atoms with Gasteiger partial charge in [0, 0.05) is 18.3 Å². The normalized spacial score (nSPS) is 11.0. The molecule has 0 unspecified atom stereocenters. The van der Waals surface area contributed by atoms with Crippen molar-refractivity contribution >= 4 is 45.1 Å². The molecule has 36 heavy (non-hydrogen) atoms. The highest BCUT2D eigenvalue weighted by Gasteiger charge is 2.14. The number of carboxylic acids is 3. The number of hydrogen-bond donors (Lipinski definition) is 5. The quantitative estimate of drug-likeness (QED) is 0.218. The molecule has 0 fully saturated rings. The standard InChI is InChI=1S/C18H14N4O5S.C4H4O4/c23-16-9-6-13(11-15(16)18(24)25)21-20-12-4-7-14(8-5-12)28(26,27)22-17-3-1-2-10-19-17;5-3(6)1-2-4(7)8/h1-11,23H,(H,19,22)(H,24,25);1-2H,(H,5,6)(H,7,8)/b;2-1-. The first-order valence-electron chi connectivity index (χ1n) is 9.64. The minimum absolute atomic E-state index is 0.0231. The van der Waals surface area contributed by atoms with Gasteiger partial charge in [-0.3, -0.25) is 4.72 Å². The zero-order valence-electron chi connectivity index (χ0n) is 18.1. The molecule has 5 N–H and O–H groups in total. The molecule has 186 valence electrons. The second-order valence-corrected chi connectivity index (χ2v) is 8.21. The number of sulfonamides is 1. The maximum atomic E-state index is 12.3. The Bertz CT molecular complexity index is 1390. The van der Waals surface area contributed by atoms with Crippen molar-refractivity contribution < 1.29 is 43.2 Å². The van der Waals surface area contributed by atoms with Crippen LogP contribution in [0.2, 0.25) is 0 Å². The molecular formula is C22H18N4O9S. The summed E-state index contributed by atoms with van der Waals surface area (Å²) in [6, 6.07) is 14.3. The third-order valence-electron chi connectivity index (χ3n) is 3.91. The van der Waals surface area contributed by atoms with E-state index >= 15 is 0 Å². The van der Waals surface area contributed by atoms with Crippen LogP contribution in [-0.2, 0) is 19.6 Å². The van der Waals surface area contributed by atoms with E-state index in [9.17, 15) is 27.9 Å². The number of phenols is 1. The SMILES string of the molecule is O=C(O)/C=C\C(=O)O.O=C(O)c1cc(N=Nc2ccc(S(=O)(=O)Nc3ccccn3)cc2)ccc1O. The number of azo groups is 1. The second kappa shape index (κ2) is 12.4. The van der Waals surface area contributed by atoms with Crippen molar-refractivity contribution in [2.75, 3.05) is 4.72 Å². The number of benzene rings is 2. The van der Waals surface area contributed by atoms with Crippen molar-refractivity contribution in [2.24, 2.45) is 10.2 Å². The van der Waals surface area contributed by atoms with E-state index in [-0.39, 0.29) is 27.7 Å². The van der Waals surface area contributed by atoms with E-state index < -0.39 is 27.9 Å². The molecular weight excluding hydrogens is 496 g/mol. The van der Waals surface area contributed by atoms with Crippen molar-refractivity contribution in [3.8, 4) is 5.75 Å². The van der Waals surface area contributed by atoms with Crippen LogP contribution in [0.3, 0.4) is 0 Å². The number of hydrogen-bond acceptors (Lipinski definition) is 9. The van der Waals surface area contributed by atoms with Gasteiger partial charge in [-0.1, -0.05) is 6.07 Å². The van der Waals surface area contributed by atoms with Gasteiger partial charge in [-0.25, -0.2) is 27.8 Å². The summed E-state index contributed by atoms with van der Waals surface area (Å²) in [6.45, 7) is 0. The minimum atomic E-state index is -3.79. The molecule has 1 aromatic heterocycles. The predicted molar refractivity (Wildman–Crippen MR) is 125 cm³/mol. The molecule has 2 aromatic carbocycles. The molecule has 0 atom stereocenters. The van der Waals surface area contributed by atoms with Crippen molar-refractivity contribution in [3.63, 3.8) is 0 Å². The number of anilines is 1. The number of aliphatic carboxylic acids is 2. The summed E-state index contributed by atoms with van der Waals surface area (Å²) in [6.07, 6.45) is 2.59. The summed E-state index contributed by atoms with van der Waals surface area (Å²) in [4.78, 5) is 34.1. The minimum Gasteiger partial charge on any atom is -0.507 e. The number of pyridine rings is 1. The molecule has 13 nitrogen and oxygen atoms in total. The maximum Gasteiger partial charge on any atom is 0.339 e. The number of rotatable bonds is 8. The third kappa shape index (κ3) is 8.68. The summed E-state index contributed by atoms with van der Waals surface area (Å²) in [5.74, 6) is -3.97. The number of carboxylic acid groups (broad SMARTS) is 3. The molecule has 0 bridgehead atoms. The van der Waals surface area contributed by atoms with Gasteiger partial charge < -0.3 is 20.4 Å². The molecule has 3 aromatic rings. The van der Waals surface area contributed by atoms with Gasteiger partial charge >= 0.3 is 17.9 Å². The van der Waals surface area contributed by atoms with Gasteiger partial charge in [-0.05, 0) is 54.6 Å². The van der Waals surface area contributed by atoms with E-state index in [4.69, 9.17) is 15.3 Å². The van der Waals surface area contributed by atoms with Crippen LogP contribution in [-0.4, -0.2) is 51.7 Å². The highest BCUT2D eigenvalue weighted by molar-refractivity contribution is 7.92. The first-order chi connectivity index (χ1) is 17.0. The van der Waals surface area contributed by atoms with Crippen molar-refractivity contribution in [2.45, 2.75) is 4.90 Å². The van der Waals surface area contributed by atoms with Gasteiger partial charge in [0.2, 0.25) is 0 Å².